The Morgan fingerprint density at radius 3 is 2.62 bits per heavy atom. The van der Waals surface area contributed by atoms with Crippen LogP contribution in [0.5, 0.6) is 0 Å². The maximum atomic E-state index is 12.9. The fraction of sp³-hybridized carbons (Fsp3) is 0.300. The van der Waals surface area contributed by atoms with Gasteiger partial charge in [-0.2, -0.15) is 0 Å². The zero-order chi connectivity index (χ0) is 16.7. The predicted octanol–water partition coefficient (Wildman–Crippen LogP) is 1.27. The summed E-state index contributed by atoms with van der Waals surface area (Å²) >= 11 is 0. The minimum Gasteiger partial charge on any atom is -0.320 e. The molecule has 2 aromatic rings. The summed E-state index contributed by atoms with van der Waals surface area (Å²) in [5.41, 5.74) is 4.42. The summed E-state index contributed by atoms with van der Waals surface area (Å²) in [5, 5.41) is 0. The van der Waals surface area contributed by atoms with Gasteiger partial charge in [0, 0.05) is 12.0 Å². The Morgan fingerprint density at radius 1 is 1.04 bits per heavy atom. The highest BCUT2D eigenvalue weighted by atomic mass is 16.2. The van der Waals surface area contributed by atoms with Gasteiger partial charge < -0.3 is 4.90 Å². The van der Waals surface area contributed by atoms with Crippen LogP contribution < -0.4 is 9.80 Å². The number of nitrogens with one attached hydrogen (secondary N) is 1. The molecule has 2 aliphatic rings. The molecule has 4 rings (SSSR count). The minimum absolute atomic E-state index is 0.0556. The minimum atomic E-state index is -0.258. The SMILES string of the molecule is Cc1cccc(N2C(=O)C[C@H]([NH+]3CCc4ccccc4C3)C2=O)c1. The molecule has 4 nitrogen and oxygen atoms in total. The number of rotatable bonds is 2. The molecule has 0 spiro atoms. The molecule has 2 aromatic carbocycles. The van der Waals surface area contributed by atoms with Crippen LogP contribution in [0.4, 0.5) is 5.69 Å². The molecular weight excluding hydrogens is 300 g/mol. The van der Waals surface area contributed by atoms with Gasteiger partial charge in [-0.1, -0.05) is 36.4 Å². The van der Waals surface area contributed by atoms with Crippen LogP contribution in [0.25, 0.3) is 0 Å². The van der Waals surface area contributed by atoms with Crippen LogP contribution in [0.3, 0.4) is 0 Å². The van der Waals surface area contributed by atoms with E-state index in [0.29, 0.717) is 12.1 Å². The van der Waals surface area contributed by atoms with E-state index in [1.54, 1.807) is 0 Å². The van der Waals surface area contributed by atoms with Crippen LogP contribution in [0.15, 0.2) is 48.5 Å². The number of benzene rings is 2. The van der Waals surface area contributed by atoms with Crippen molar-refractivity contribution in [1.29, 1.82) is 0 Å². The van der Waals surface area contributed by atoms with Gasteiger partial charge in [0.15, 0.2) is 6.04 Å². The molecule has 2 heterocycles. The van der Waals surface area contributed by atoms with E-state index in [1.807, 2.05) is 37.3 Å². The number of quaternary nitrogens is 1. The Kier molecular flexibility index (Phi) is 3.69. The number of carbonyl (C=O) groups excluding carboxylic acids is 2. The van der Waals surface area contributed by atoms with Crippen molar-refractivity contribution in [2.45, 2.75) is 32.4 Å². The third-order valence-electron chi connectivity index (χ3n) is 5.15. The van der Waals surface area contributed by atoms with E-state index in [-0.39, 0.29) is 17.9 Å². The first-order valence-corrected chi connectivity index (χ1v) is 8.48. The molecule has 2 aliphatic heterocycles. The van der Waals surface area contributed by atoms with Crippen molar-refractivity contribution >= 4 is 17.5 Å². The standard InChI is InChI=1S/C20H20N2O2/c1-14-5-4-8-17(11-14)22-19(23)12-18(20(22)24)21-10-9-15-6-2-3-7-16(15)13-21/h2-8,11,18H,9-10,12-13H2,1H3/p+1/t18-/m0/s1. The Balaban J connectivity index is 1.58. The van der Waals surface area contributed by atoms with Crippen LogP contribution in [-0.2, 0) is 22.6 Å². The third-order valence-corrected chi connectivity index (χ3v) is 5.15. The van der Waals surface area contributed by atoms with Gasteiger partial charge in [-0.25, -0.2) is 4.90 Å². The van der Waals surface area contributed by atoms with Crippen LogP contribution >= 0.6 is 0 Å². The first kappa shape index (κ1) is 15.1. The first-order chi connectivity index (χ1) is 11.6. The maximum Gasteiger partial charge on any atom is 0.292 e. The smallest absolute Gasteiger partial charge is 0.292 e. The lowest BCUT2D eigenvalue weighted by Crippen LogP contribution is -3.16. The molecule has 2 atom stereocenters. The molecule has 0 aromatic heterocycles. The van der Waals surface area contributed by atoms with E-state index >= 15 is 0 Å². The number of imide groups is 1. The molecule has 1 N–H and O–H groups in total. The number of hydrogen-bond acceptors (Lipinski definition) is 2. The van der Waals surface area contributed by atoms with Gasteiger partial charge in [0.05, 0.1) is 18.7 Å². The Bertz CT molecular complexity index is 815. The van der Waals surface area contributed by atoms with E-state index < -0.39 is 0 Å². The van der Waals surface area contributed by atoms with Crippen LogP contribution in [0.1, 0.15) is 23.1 Å². The first-order valence-electron chi connectivity index (χ1n) is 8.48. The zero-order valence-electron chi connectivity index (χ0n) is 13.8. The summed E-state index contributed by atoms with van der Waals surface area (Å²) in [6, 6.07) is 15.7. The molecular formula is C20H21N2O2+. The number of carbonyl (C=O) groups is 2. The van der Waals surface area contributed by atoms with Crippen molar-refractivity contribution in [3.63, 3.8) is 0 Å². The molecule has 1 saturated heterocycles. The van der Waals surface area contributed by atoms with Crippen LogP contribution in [0, 0.1) is 6.92 Å². The van der Waals surface area contributed by atoms with Crippen LogP contribution in [0.2, 0.25) is 0 Å². The summed E-state index contributed by atoms with van der Waals surface area (Å²) in [6.45, 7) is 3.70. The molecule has 0 radical (unpaired) electrons. The average Bonchev–Trinajstić information content (AvgIpc) is 2.89. The largest absolute Gasteiger partial charge is 0.320 e. The van der Waals surface area contributed by atoms with Crippen LogP contribution in [-0.4, -0.2) is 24.4 Å². The van der Waals surface area contributed by atoms with Gasteiger partial charge in [-0.15, -0.1) is 0 Å². The topological polar surface area (TPSA) is 41.8 Å². The van der Waals surface area contributed by atoms with Crippen molar-refractivity contribution in [3.8, 4) is 0 Å². The second-order valence-corrected chi connectivity index (χ2v) is 6.77. The molecule has 0 saturated carbocycles. The van der Waals surface area contributed by atoms with E-state index in [1.165, 1.54) is 20.9 Å². The number of aryl methyl sites for hydroxylation is 1. The summed E-state index contributed by atoms with van der Waals surface area (Å²) in [6.07, 6.45) is 1.28. The number of nitrogens with zero attached hydrogens (tertiary/aromatic N) is 1. The zero-order valence-corrected chi connectivity index (χ0v) is 13.8. The van der Waals surface area contributed by atoms with Crippen molar-refractivity contribution in [1.82, 2.24) is 0 Å². The number of fused-ring (bicyclic) bond motifs is 1. The van der Waals surface area contributed by atoms with Gasteiger partial charge in [0.1, 0.15) is 6.54 Å². The number of anilines is 1. The Morgan fingerprint density at radius 2 is 1.83 bits per heavy atom. The maximum absolute atomic E-state index is 12.9. The predicted molar refractivity (Wildman–Crippen MR) is 91.8 cm³/mol. The monoisotopic (exact) mass is 321 g/mol. The lowest BCUT2D eigenvalue weighted by atomic mass is 9.98. The molecule has 4 heteroatoms. The normalized spacial score (nSPS) is 23.5. The fourth-order valence-corrected chi connectivity index (χ4v) is 3.89. The lowest BCUT2D eigenvalue weighted by Gasteiger charge is -2.29. The average molecular weight is 321 g/mol. The van der Waals surface area contributed by atoms with E-state index in [9.17, 15) is 9.59 Å². The summed E-state index contributed by atoms with van der Waals surface area (Å²) in [5.74, 6) is -0.137. The van der Waals surface area contributed by atoms with Gasteiger partial charge in [-0.3, -0.25) is 9.59 Å². The van der Waals surface area contributed by atoms with Gasteiger partial charge >= 0.3 is 0 Å². The van der Waals surface area contributed by atoms with Gasteiger partial charge in [0.25, 0.3) is 5.91 Å². The number of amides is 2. The van der Waals surface area contributed by atoms with Crippen molar-refractivity contribution in [3.05, 3.63) is 65.2 Å². The Labute approximate surface area is 141 Å². The van der Waals surface area contributed by atoms with Gasteiger partial charge in [0.2, 0.25) is 5.91 Å². The summed E-state index contributed by atoms with van der Waals surface area (Å²) in [4.78, 5) is 28.0. The highest BCUT2D eigenvalue weighted by Gasteiger charge is 2.46. The third kappa shape index (κ3) is 2.53. The molecule has 0 aliphatic carbocycles. The highest BCUT2D eigenvalue weighted by molar-refractivity contribution is 6.21. The fourth-order valence-electron chi connectivity index (χ4n) is 3.89. The van der Waals surface area contributed by atoms with E-state index in [4.69, 9.17) is 0 Å². The Hall–Kier alpha value is -2.46. The second-order valence-electron chi connectivity index (χ2n) is 6.77. The molecule has 1 fully saturated rings. The van der Waals surface area contributed by atoms with Gasteiger partial charge in [-0.05, 0) is 30.2 Å². The van der Waals surface area contributed by atoms with Crippen molar-refractivity contribution in [2.24, 2.45) is 0 Å². The molecule has 24 heavy (non-hydrogen) atoms. The molecule has 2 amide bonds. The van der Waals surface area contributed by atoms with Crippen molar-refractivity contribution in [2.75, 3.05) is 11.4 Å². The quantitative estimate of drug-likeness (QED) is 0.847. The lowest BCUT2D eigenvalue weighted by molar-refractivity contribution is -0.930. The van der Waals surface area contributed by atoms with E-state index in [0.717, 1.165) is 25.1 Å². The summed E-state index contributed by atoms with van der Waals surface area (Å²) in [7, 11) is 0. The molecule has 122 valence electrons. The highest BCUT2D eigenvalue weighted by Crippen LogP contribution is 2.23. The summed E-state index contributed by atoms with van der Waals surface area (Å²) < 4.78 is 0. The second kappa shape index (κ2) is 5.87. The molecule has 1 unspecified atom stereocenters. The molecule has 0 bridgehead atoms. The van der Waals surface area contributed by atoms with E-state index in [2.05, 4.69) is 18.2 Å². The number of hydrogen-bond donors (Lipinski definition) is 1. The van der Waals surface area contributed by atoms with Crippen molar-refractivity contribution < 1.29 is 14.5 Å².